The van der Waals surface area contributed by atoms with E-state index in [0.29, 0.717) is 12.2 Å². The lowest BCUT2D eigenvalue weighted by atomic mass is 9.93. The van der Waals surface area contributed by atoms with Gasteiger partial charge in [0.05, 0.1) is 0 Å². The molecule has 0 aromatic carbocycles. The molecular weight excluding hydrogens is 124 g/mol. The molecular formula is C9H14O. The minimum Gasteiger partial charge on any atom is -0.300 e. The van der Waals surface area contributed by atoms with Crippen molar-refractivity contribution in [1.29, 1.82) is 0 Å². The molecule has 0 spiro atoms. The number of Topliss-reactive ketones (excluding diaryl/α,β-unsaturated/α-hetero) is 1. The van der Waals surface area contributed by atoms with Crippen LogP contribution in [-0.4, -0.2) is 5.78 Å². The predicted octanol–water partition coefficient (Wildman–Crippen LogP) is 2.32. The van der Waals surface area contributed by atoms with Crippen molar-refractivity contribution in [2.45, 2.75) is 33.1 Å². The van der Waals surface area contributed by atoms with E-state index in [0.717, 1.165) is 0 Å². The van der Waals surface area contributed by atoms with E-state index in [1.807, 2.05) is 6.92 Å². The highest BCUT2D eigenvalue weighted by molar-refractivity contribution is 5.77. The molecule has 1 fully saturated rings. The Labute approximate surface area is 62.1 Å². The van der Waals surface area contributed by atoms with Crippen molar-refractivity contribution in [2.24, 2.45) is 5.41 Å². The van der Waals surface area contributed by atoms with E-state index in [1.165, 1.54) is 18.4 Å². The zero-order chi connectivity index (χ0) is 7.78. The van der Waals surface area contributed by atoms with Crippen molar-refractivity contribution in [1.82, 2.24) is 0 Å². The van der Waals surface area contributed by atoms with Gasteiger partial charge in [-0.2, -0.15) is 0 Å². The second kappa shape index (κ2) is 2.22. The van der Waals surface area contributed by atoms with E-state index in [4.69, 9.17) is 0 Å². The summed E-state index contributed by atoms with van der Waals surface area (Å²) in [6, 6.07) is 0. The van der Waals surface area contributed by atoms with Crippen LogP contribution in [-0.2, 0) is 4.79 Å². The average Bonchev–Trinajstić information content (AvgIpc) is 2.46. The van der Waals surface area contributed by atoms with Crippen LogP contribution < -0.4 is 0 Å². The molecule has 0 unspecified atom stereocenters. The molecule has 0 N–H and O–H groups in total. The maximum absolute atomic E-state index is 10.8. The van der Waals surface area contributed by atoms with Gasteiger partial charge in [-0.3, -0.25) is 4.79 Å². The first-order valence-corrected chi connectivity index (χ1v) is 3.72. The SMILES string of the molecule is C=C(C)C1(CC(C)=O)CC1. The van der Waals surface area contributed by atoms with Crippen LogP contribution in [0.1, 0.15) is 33.1 Å². The van der Waals surface area contributed by atoms with Gasteiger partial charge in [-0.1, -0.05) is 12.2 Å². The van der Waals surface area contributed by atoms with Gasteiger partial charge >= 0.3 is 0 Å². The summed E-state index contributed by atoms with van der Waals surface area (Å²) in [4.78, 5) is 10.8. The lowest BCUT2D eigenvalue weighted by Gasteiger charge is -2.11. The smallest absolute Gasteiger partial charge is 0.130 e. The summed E-state index contributed by atoms with van der Waals surface area (Å²) in [6.45, 7) is 7.57. The fourth-order valence-corrected chi connectivity index (χ4v) is 1.38. The monoisotopic (exact) mass is 138 g/mol. The summed E-state index contributed by atoms with van der Waals surface area (Å²) in [5.74, 6) is 0.292. The molecule has 56 valence electrons. The predicted molar refractivity (Wildman–Crippen MR) is 41.8 cm³/mol. The fraction of sp³-hybridized carbons (Fsp3) is 0.667. The largest absolute Gasteiger partial charge is 0.300 e. The normalized spacial score (nSPS) is 20.2. The van der Waals surface area contributed by atoms with Crippen molar-refractivity contribution >= 4 is 5.78 Å². The van der Waals surface area contributed by atoms with Gasteiger partial charge in [0, 0.05) is 6.42 Å². The van der Waals surface area contributed by atoms with Crippen molar-refractivity contribution in [3.05, 3.63) is 12.2 Å². The molecule has 1 nitrogen and oxygen atoms in total. The molecule has 1 heteroatoms. The Kier molecular flexibility index (Phi) is 1.67. The van der Waals surface area contributed by atoms with Crippen LogP contribution in [0.3, 0.4) is 0 Å². The minimum atomic E-state index is 0.228. The highest BCUT2D eigenvalue weighted by atomic mass is 16.1. The van der Waals surface area contributed by atoms with E-state index in [1.54, 1.807) is 6.92 Å². The highest BCUT2D eigenvalue weighted by Crippen LogP contribution is 2.53. The van der Waals surface area contributed by atoms with E-state index in [-0.39, 0.29) is 5.41 Å². The Hall–Kier alpha value is -0.590. The molecule has 0 amide bonds. The Morgan fingerprint density at radius 1 is 1.50 bits per heavy atom. The van der Waals surface area contributed by atoms with Gasteiger partial charge in [-0.05, 0) is 32.1 Å². The quantitative estimate of drug-likeness (QED) is 0.547. The van der Waals surface area contributed by atoms with Crippen molar-refractivity contribution in [3.8, 4) is 0 Å². The van der Waals surface area contributed by atoms with Gasteiger partial charge in [0.15, 0.2) is 0 Å². The van der Waals surface area contributed by atoms with Crippen molar-refractivity contribution in [2.75, 3.05) is 0 Å². The Morgan fingerprint density at radius 2 is 2.00 bits per heavy atom. The molecule has 0 aliphatic heterocycles. The van der Waals surface area contributed by atoms with Gasteiger partial charge in [0.2, 0.25) is 0 Å². The van der Waals surface area contributed by atoms with Gasteiger partial charge in [-0.15, -0.1) is 0 Å². The molecule has 0 aromatic rings. The molecule has 1 aliphatic rings. The third-order valence-corrected chi connectivity index (χ3v) is 2.35. The third kappa shape index (κ3) is 1.28. The number of ketones is 1. The van der Waals surface area contributed by atoms with Crippen molar-refractivity contribution in [3.63, 3.8) is 0 Å². The second-order valence-electron chi connectivity index (χ2n) is 3.44. The molecule has 0 bridgehead atoms. The Morgan fingerprint density at radius 3 is 2.10 bits per heavy atom. The van der Waals surface area contributed by atoms with Crippen LogP contribution >= 0.6 is 0 Å². The maximum Gasteiger partial charge on any atom is 0.130 e. The summed E-state index contributed by atoms with van der Waals surface area (Å²) in [7, 11) is 0. The standard InChI is InChI=1S/C9H14O/c1-7(2)9(4-5-9)6-8(3)10/h1,4-6H2,2-3H3. The van der Waals surface area contributed by atoms with Gasteiger partial charge in [0.25, 0.3) is 0 Å². The van der Waals surface area contributed by atoms with E-state index in [9.17, 15) is 4.79 Å². The molecule has 0 saturated heterocycles. The Bertz CT molecular complexity index is 175. The van der Waals surface area contributed by atoms with Crippen LogP contribution in [0.25, 0.3) is 0 Å². The van der Waals surface area contributed by atoms with Crippen LogP contribution in [0.4, 0.5) is 0 Å². The zero-order valence-electron chi connectivity index (χ0n) is 6.74. The third-order valence-electron chi connectivity index (χ3n) is 2.35. The number of carbonyl (C=O) groups is 1. The molecule has 0 radical (unpaired) electrons. The van der Waals surface area contributed by atoms with Gasteiger partial charge in [-0.25, -0.2) is 0 Å². The lowest BCUT2D eigenvalue weighted by molar-refractivity contribution is -0.117. The zero-order valence-corrected chi connectivity index (χ0v) is 6.74. The molecule has 10 heavy (non-hydrogen) atoms. The fourth-order valence-electron chi connectivity index (χ4n) is 1.38. The Balaban J connectivity index is 2.53. The molecule has 0 atom stereocenters. The number of carbonyl (C=O) groups excluding carboxylic acids is 1. The van der Waals surface area contributed by atoms with Crippen molar-refractivity contribution < 1.29 is 4.79 Å². The molecule has 1 saturated carbocycles. The molecule has 1 rings (SSSR count). The molecule has 0 heterocycles. The van der Waals surface area contributed by atoms with E-state index >= 15 is 0 Å². The molecule has 0 aromatic heterocycles. The number of allylic oxidation sites excluding steroid dienone is 1. The first-order valence-electron chi connectivity index (χ1n) is 3.72. The van der Waals surface area contributed by atoms with Gasteiger partial charge in [0.1, 0.15) is 5.78 Å². The number of hydrogen-bond donors (Lipinski definition) is 0. The van der Waals surface area contributed by atoms with Crippen LogP contribution in [0.2, 0.25) is 0 Å². The number of rotatable bonds is 3. The minimum absolute atomic E-state index is 0.228. The summed E-state index contributed by atoms with van der Waals surface area (Å²) in [5, 5.41) is 0. The van der Waals surface area contributed by atoms with Crippen LogP contribution in [0.15, 0.2) is 12.2 Å². The average molecular weight is 138 g/mol. The summed E-state index contributed by atoms with van der Waals surface area (Å²) in [6.07, 6.45) is 3.05. The summed E-state index contributed by atoms with van der Waals surface area (Å²) >= 11 is 0. The van der Waals surface area contributed by atoms with Crippen LogP contribution in [0, 0.1) is 5.41 Å². The molecule has 1 aliphatic carbocycles. The maximum atomic E-state index is 10.8. The summed E-state index contributed by atoms with van der Waals surface area (Å²) in [5.41, 5.74) is 1.41. The lowest BCUT2D eigenvalue weighted by Crippen LogP contribution is -2.06. The summed E-state index contributed by atoms with van der Waals surface area (Å²) < 4.78 is 0. The highest BCUT2D eigenvalue weighted by Gasteiger charge is 2.43. The van der Waals surface area contributed by atoms with Gasteiger partial charge < -0.3 is 0 Å². The first kappa shape index (κ1) is 7.52. The number of hydrogen-bond acceptors (Lipinski definition) is 1. The van der Waals surface area contributed by atoms with E-state index < -0.39 is 0 Å². The topological polar surface area (TPSA) is 17.1 Å². The van der Waals surface area contributed by atoms with Crippen LogP contribution in [0.5, 0.6) is 0 Å². The second-order valence-corrected chi connectivity index (χ2v) is 3.44. The first-order chi connectivity index (χ1) is 4.57. The van der Waals surface area contributed by atoms with E-state index in [2.05, 4.69) is 6.58 Å².